The summed E-state index contributed by atoms with van der Waals surface area (Å²) in [7, 11) is 0. The molecule has 1 aromatic rings. The number of nitrogens with two attached hydrogens (primary N) is 1. The van der Waals surface area contributed by atoms with Crippen LogP contribution in [-0.4, -0.2) is 17.6 Å². The Morgan fingerprint density at radius 3 is 2.36 bits per heavy atom. The monoisotopic (exact) mass is 300 g/mol. The van der Waals surface area contributed by atoms with Gasteiger partial charge in [-0.25, -0.2) is 0 Å². The first kappa shape index (κ1) is 14.2. The summed E-state index contributed by atoms with van der Waals surface area (Å²) in [6, 6.07) is 8.09. The second-order valence-corrected chi connectivity index (χ2v) is 7.28. The van der Waals surface area contributed by atoms with E-state index in [0.29, 0.717) is 31.0 Å². The lowest BCUT2D eigenvalue weighted by Crippen LogP contribution is -2.61. The van der Waals surface area contributed by atoms with Crippen LogP contribution < -0.4 is 11.1 Å². The smallest absolute Gasteiger partial charge is 0.252 e. The van der Waals surface area contributed by atoms with Gasteiger partial charge in [0.1, 0.15) is 5.60 Å². The lowest BCUT2D eigenvalue weighted by Gasteiger charge is -2.55. The second kappa shape index (κ2) is 5.36. The third kappa shape index (κ3) is 2.44. The van der Waals surface area contributed by atoms with Crippen molar-refractivity contribution >= 4 is 5.91 Å². The van der Waals surface area contributed by atoms with Crippen molar-refractivity contribution in [2.45, 2.75) is 56.9 Å². The highest BCUT2D eigenvalue weighted by Crippen LogP contribution is 2.53. The molecule has 0 radical (unpaired) electrons. The molecule has 2 saturated carbocycles. The Labute approximate surface area is 131 Å². The average Bonchev–Trinajstić information content (AvgIpc) is 2.51. The van der Waals surface area contributed by atoms with E-state index in [1.54, 1.807) is 0 Å². The zero-order chi connectivity index (χ0) is 15.2. The number of hydrogen-bond acceptors (Lipinski definition) is 3. The molecule has 4 nitrogen and oxygen atoms in total. The van der Waals surface area contributed by atoms with Crippen LogP contribution in [0.25, 0.3) is 0 Å². The first-order valence-electron chi connectivity index (χ1n) is 8.41. The molecular formula is C18H24N2O2. The summed E-state index contributed by atoms with van der Waals surface area (Å²) in [5.74, 6) is 1.48. The molecule has 4 aliphatic rings. The number of hydrogen-bond donors (Lipinski definition) is 2. The zero-order valence-corrected chi connectivity index (χ0v) is 12.9. The van der Waals surface area contributed by atoms with E-state index in [4.69, 9.17) is 10.5 Å². The van der Waals surface area contributed by atoms with Gasteiger partial charge in [0.15, 0.2) is 0 Å². The molecule has 1 aromatic carbocycles. The highest BCUT2D eigenvalue weighted by atomic mass is 16.5. The summed E-state index contributed by atoms with van der Waals surface area (Å²) in [6.07, 6.45) is 5.77. The topological polar surface area (TPSA) is 64.3 Å². The summed E-state index contributed by atoms with van der Waals surface area (Å²) < 4.78 is 6.17. The fourth-order valence-electron chi connectivity index (χ4n) is 4.74. The van der Waals surface area contributed by atoms with Crippen molar-refractivity contribution in [1.82, 2.24) is 5.32 Å². The molecule has 2 unspecified atom stereocenters. The van der Waals surface area contributed by atoms with E-state index in [1.165, 1.54) is 6.42 Å². The lowest BCUT2D eigenvalue weighted by atomic mass is 9.62. The van der Waals surface area contributed by atoms with Crippen LogP contribution in [0.4, 0.5) is 0 Å². The van der Waals surface area contributed by atoms with Crippen molar-refractivity contribution in [3.8, 4) is 0 Å². The van der Waals surface area contributed by atoms with E-state index < -0.39 is 5.60 Å². The first-order chi connectivity index (χ1) is 10.7. The maximum Gasteiger partial charge on any atom is 0.252 e. The fourth-order valence-corrected chi connectivity index (χ4v) is 4.74. The molecule has 0 aromatic heterocycles. The largest absolute Gasteiger partial charge is 0.362 e. The highest BCUT2D eigenvalue weighted by molar-refractivity contribution is 5.85. The molecule has 2 heterocycles. The Kier molecular flexibility index (Phi) is 3.46. The predicted octanol–water partition coefficient (Wildman–Crippen LogP) is 2.11. The minimum atomic E-state index is -0.536. The Balaban J connectivity index is 1.41. The quantitative estimate of drug-likeness (QED) is 0.895. The number of ether oxygens (including phenoxy) is 1. The van der Waals surface area contributed by atoms with E-state index in [1.807, 2.05) is 24.3 Å². The summed E-state index contributed by atoms with van der Waals surface area (Å²) in [4.78, 5) is 12.7. The van der Waals surface area contributed by atoms with Gasteiger partial charge < -0.3 is 15.8 Å². The fraction of sp³-hybridized carbons (Fsp3) is 0.611. The van der Waals surface area contributed by atoms with Crippen LogP contribution in [0.2, 0.25) is 0 Å². The third-order valence-corrected chi connectivity index (χ3v) is 5.61. The molecule has 2 atom stereocenters. The first-order valence-corrected chi connectivity index (χ1v) is 8.41. The van der Waals surface area contributed by atoms with E-state index in [2.05, 4.69) is 5.32 Å². The van der Waals surface area contributed by atoms with Crippen LogP contribution in [0.15, 0.2) is 24.3 Å². The zero-order valence-electron chi connectivity index (χ0n) is 12.9. The summed E-state index contributed by atoms with van der Waals surface area (Å²) in [6.45, 7) is 1.11. The van der Waals surface area contributed by atoms with Gasteiger partial charge in [-0.1, -0.05) is 24.3 Å². The number of rotatable bonds is 4. The van der Waals surface area contributed by atoms with E-state index in [-0.39, 0.29) is 5.91 Å². The maximum atomic E-state index is 12.7. The van der Waals surface area contributed by atoms with Crippen molar-refractivity contribution in [2.75, 3.05) is 0 Å². The number of benzene rings is 1. The van der Waals surface area contributed by atoms with Crippen LogP contribution in [0.5, 0.6) is 0 Å². The third-order valence-electron chi connectivity index (χ3n) is 5.61. The second-order valence-electron chi connectivity index (χ2n) is 7.28. The lowest BCUT2D eigenvalue weighted by molar-refractivity contribution is -0.218. The molecule has 4 fully saturated rings. The molecule has 22 heavy (non-hydrogen) atoms. The number of carbonyl (C=O) groups is 1. The minimum Gasteiger partial charge on any atom is -0.362 e. The number of nitrogens with one attached hydrogen (secondary N) is 1. The standard InChI is InChI=1S/C18H24N2O2/c19-10-12-1-3-13(4-2-12)11-20-17(21)18-8-14-5-15(9-18)7-16(6-14)22-18/h1-4,14-16H,5-11,19H2,(H,20,21). The van der Waals surface area contributed by atoms with Crippen LogP contribution in [0, 0.1) is 11.8 Å². The van der Waals surface area contributed by atoms with Gasteiger partial charge in [-0.05, 0) is 55.1 Å². The van der Waals surface area contributed by atoms with Gasteiger partial charge in [-0.15, -0.1) is 0 Å². The van der Waals surface area contributed by atoms with Crippen LogP contribution in [0.3, 0.4) is 0 Å². The van der Waals surface area contributed by atoms with Crippen LogP contribution >= 0.6 is 0 Å². The molecule has 118 valence electrons. The maximum absolute atomic E-state index is 12.7. The summed E-state index contributed by atoms with van der Waals surface area (Å²) in [5.41, 5.74) is 7.29. The molecular weight excluding hydrogens is 276 g/mol. The van der Waals surface area contributed by atoms with Crippen molar-refractivity contribution in [3.63, 3.8) is 0 Å². The van der Waals surface area contributed by atoms with Crippen molar-refractivity contribution < 1.29 is 9.53 Å². The van der Waals surface area contributed by atoms with Gasteiger partial charge in [0.25, 0.3) is 5.91 Å². The normalized spacial score (nSPS) is 35.6. The molecule has 2 aliphatic carbocycles. The molecule has 1 amide bonds. The SMILES string of the molecule is NCc1ccc(CNC(=O)C23CC4CC(CC(C4)O2)C3)cc1. The Morgan fingerprint density at radius 2 is 1.77 bits per heavy atom. The summed E-state index contributed by atoms with van der Waals surface area (Å²) >= 11 is 0. The van der Waals surface area contributed by atoms with Gasteiger partial charge >= 0.3 is 0 Å². The predicted molar refractivity (Wildman–Crippen MR) is 83.8 cm³/mol. The Hall–Kier alpha value is -1.39. The molecule has 3 N–H and O–H groups in total. The molecule has 2 aliphatic heterocycles. The summed E-state index contributed by atoms with van der Waals surface area (Å²) in [5, 5.41) is 3.10. The van der Waals surface area contributed by atoms with Crippen LogP contribution in [0.1, 0.15) is 43.2 Å². The van der Waals surface area contributed by atoms with Crippen molar-refractivity contribution in [1.29, 1.82) is 0 Å². The molecule has 4 heteroatoms. The highest BCUT2D eigenvalue weighted by Gasteiger charge is 2.55. The van der Waals surface area contributed by atoms with Gasteiger partial charge in [0.2, 0.25) is 0 Å². The average molecular weight is 300 g/mol. The van der Waals surface area contributed by atoms with E-state index in [9.17, 15) is 4.79 Å². The van der Waals surface area contributed by atoms with Gasteiger partial charge in [-0.2, -0.15) is 0 Å². The molecule has 2 saturated heterocycles. The van der Waals surface area contributed by atoms with Gasteiger partial charge in [0, 0.05) is 13.1 Å². The minimum absolute atomic E-state index is 0.0921. The number of carbonyl (C=O) groups excluding carboxylic acids is 1. The Morgan fingerprint density at radius 1 is 1.14 bits per heavy atom. The van der Waals surface area contributed by atoms with E-state index >= 15 is 0 Å². The van der Waals surface area contributed by atoms with Gasteiger partial charge in [0.05, 0.1) is 6.10 Å². The van der Waals surface area contributed by atoms with Crippen molar-refractivity contribution in [2.24, 2.45) is 17.6 Å². The Bertz CT molecular complexity index is 532. The molecule has 4 bridgehead atoms. The van der Waals surface area contributed by atoms with Crippen LogP contribution in [-0.2, 0) is 22.6 Å². The number of amides is 1. The van der Waals surface area contributed by atoms with Gasteiger partial charge in [-0.3, -0.25) is 4.79 Å². The molecule has 5 rings (SSSR count). The van der Waals surface area contributed by atoms with Crippen molar-refractivity contribution in [3.05, 3.63) is 35.4 Å². The molecule has 0 spiro atoms. The van der Waals surface area contributed by atoms with E-state index in [0.717, 1.165) is 36.8 Å².